The van der Waals surface area contributed by atoms with E-state index in [1.807, 2.05) is 6.07 Å². The van der Waals surface area contributed by atoms with Crippen molar-refractivity contribution >= 4 is 39.8 Å². The zero-order valence-corrected chi connectivity index (χ0v) is 15.6. The molecule has 4 aromatic rings. The predicted molar refractivity (Wildman–Crippen MR) is 113 cm³/mol. The number of anilines is 4. The van der Waals surface area contributed by atoms with Crippen LogP contribution in [0.3, 0.4) is 0 Å². The van der Waals surface area contributed by atoms with Crippen molar-refractivity contribution in [3.05, 3.63) is 84.4 Å². The summed E-state index contributed by atoms with van der Waals surface area (Å²) < 4.78 is 13.1. The Labute approximate surface area is 171 Å². The van der Waals surface area contributed by atoms with Gasteiger partial charge in [0.05, 0.1) is 17.1 Å². The van der Waals surface area contributed by atoms with Crippen LogP contribution in [0.1, 0.15) is 5.56 Å². The van der Waals surface area contributed by atoms with Gasteiger partial charge in [-0.25, -0.2) is 19.2 Å². The number of nitriles is 1. The molecule has 30 heavy (non-hydrogen) atoms. The van der Waals surface area contributed by atoms with Crippen LogP contribution in [0.4, 0.5) is 32.1 Å². The Balaban J connectivity index is 1.55. The Bertz CT molecular complexity index is 1270. The van der Waals surface area contributed by atoms with E-state index in [4.69, 9.17) is 5.26 Å². The van der Waals surface area contributed by atoms with E-state index in [-0.39, 0.29) is 5.82 Å². The standard InChI is InChI=1S/C22H15FN6O/c23-15-4-6-16(7-5-15)27-21-19-11-18(8-9-20(19)25-13-26-21)29-22(30)28-17-3-1-2-14(10-17)12-24/h1-11,13H,(H,25,26,27)(H2,28,29,30). The van der Waals surface area contributed by atoms with Gasteiger partial charge in [-0.3, -0.25) is 0 Å². The van der Waals surface area contributed by atoms with Crippen LogP contribution in [-0.2, 0) is 0 Å². The summed E-state index contributed by atoms with van der Waals surface area (Å²) in [6.07, 6.45) is 1.43. The van der Waals surface area contributed by atoms with E-state index in [0.29, 0.717) is 39.3 Å². The van der Waals surface area contributed by atoms with Gasteiger partial charge in [0.15, 0.2) is 0 Å². The van der Waals surface area contributed by atoms with Crippen LogP contribution in [0.25, 0.3) is 10.9 Å². The summed E-state index contributed by atoms with van der Waals surface area (Å²) in [6, 6.07) is 19.3. The molecular weight excluding hydrogens is 383 g/mol. The molecule has 4 rings (SSSR count). The van der Waals surface area contributed by atoms with Gasteiger partial charge in [0.1, 0.15) is 18.0 Å². The van der Waals surface area contributed by atoms with Gasteiger partial charge in [-0.05, 0) is 60.7 Å². The molecule has 7 nitrogen and oxygen atoms in total. The Kier molecular flexibility index (Phi) is 5.17. The highest BCUT2D eigenvalue weighted by molar-refractivity contribution is 6.02. The first-order valence-electron chi connectivity index (χ1n) is 8.96. The molecule has 2 amide bonds. The highest BCUT2D eigenvalue weighted by atomic mass is 19.1. The largest absolute Gasteiger partial charge is 0.340 e. The van der Waals surface area contributed by atoms with Gasteiger partial charge in [-0.2, -0.15) is 5.26 Å². The molecule has 3 aromatic carbocycles. The maximum Gasteiger partial charge on any atom is 0.323 e. The van der Waals surface area contributed by atoms with E-state index < -0.39 is 6.03 Å². The Morgan fingerprint density at radius 2 is 1.63 bits per heavy atom. The molecule has 0 atom stereocenters. The fourth-order valence-electron chi connectivity index (χ4n) is 2.86. The molecule has 146 valence electrons. The number of aromatic nitrogens is 2. The first-order valence-corrected chi connectivity index (χ1v) is 8.96. The van der Waals surface area contributed by atoms with Crippen LogP contribution in [0.15, 0.2) is 73.1 Å². The number of benzene rings is 3. The third-order valence-electron chi connectivity index (χ3n) is 4.25. The zero-order chi connectivity index (χ0) is 20.9. The molecular formula is C22H15FN6O. The van der Waals surface area contributed by atoms with Crippen LogP contribution >= 0.6 is 0 Å². The van der Waals surface area contributed by atoms with E-state index in [1.165, 1.54) is 18.5 Å². The minimum absolute atomic E-state index is 0.328. The number of urea groups is 1. The van der Waals surface area contributed by atoms with Crippen molar-refractivity contribution in [3.63, 3.8) is 0 Å². The molecule has 3 N–H and O–H groups in total. The average molecular weight is 398 g/mol. The Morgan fingerprint density at radius 1 is 0.900 bits per heavy atom. The number of fused-ring (bicyclic) bond motifs is 1. The summed E-state index contributed by atoms with van der Waals surface area (Å²) in [7, 11) is 0. The molecule has 0 aliphatic rings. The normalized spacial score (nSPS) is 10.3. The topological polar surface area (TPSA) is 103 Å². The number of hydrogen-bond acceptors (Lipinski definition) is 5. The van der Waals surface area contributed by atoms with E-state index in [9.17, 15) is 9.18 Å². The van der Waals surface area contributed by atoms with Gasteiger partial charge < -0.3 is 16.0 Å². The quantitative estimate of drug-likeness (QED) is 0.447. The summed E-state index contributed by atoms with van der Waals surface area (Å²) >= 11 is 0. The lowest BCUT2D eigenvalue weighted by molar-refractivity contribution is 0.262. The third kappa shape index (κ3) is 4.31. The number of carbonyl (C=O) groups excluding carboxylic acids is 1. The molecule has 0 spiro atoms. The van der Waals surface area contributed by atoms with Crippen molar-refractivity contribution in [1.82, 2.24) is 9.97 Å². The zero-order valence-electron chi connectivity index (χ0n) is 15.6. The fourth-order valence-corrected chi connectivity index (χ4v) is 2.86. The second-order valence-electron chi connectivity index (χ2n) is 6.36. The lowest BCUT2D eigenvalue weighted by Crippen LogP contribution is -2.19. The molecule has 1 aromatic heterocycles. The summed E-state index contributed by atoms with van der Waals surface area (Å²) in [4.78, 5) is 20.8. The highest BCUT2D eigenvalue weighted by Gasteiger charge is 2.08. The predicted octanol–water partition coefficient (Wildman–Crippen LogP) is 5.03. The number of hydrogen-bond donors (Lipinski definition) is 3. The second-order valence-corrected chi connectivity index (χ2v) is 6.36. The van der Waals surface area contributed by atoms with Crippen molar-refractivity contribution < 1.29 is 9.18 Å². The van der Waals surface area contributed by atoms with Crippen molar-refractivity contribution in [2.75, 3.05) is 16.0 Å². The molecule has 0 radical (unpaired) electrons. The monoisotopic (exact) mass is 398 g/mol. The van der Waals surface area contributed by atoms with Gasteiger partial charge >= 0.3 is 6.03 Å². The lowest BCUT2D eigenvalue weighted by Gasteiger charge is -2.11. The molecule has 0 saturated carbocycles. The summed E-state index contributed by atoms with van der Waals surface area (Å²) in [5.41, 5.74) is 2.85. The molecule has 0 aliphatic carbocycles. The number of nitrogens with one attached hydrogen (secondary N) is 3. The SMILES string of the molecule is N#Cc1cccc(NC(=O)Nc2ccc3ncnc(Nc4ccc(F)cc4)c3c2)c1. The minimum Gasteiger partial charge on any atom is -0.340 e. The van der Waals surface area contributed by atoms with E-state index in [0.717, 1.165) is 0 Å². The molecule has 0 bridgehead atoms. The molecule has 8 heteroatoms. The second kappa shape index (κ2) is 8.24. The molecule has 0 saturated heterocycles. The summed E-state index contributed by atoms with van der Waals surface area (Å²) in [5, 5.41) is 18.2. The van der Waals surface area contributed by atoms with Crippen LogP contribution in [-0.4, -0.2) is 16.0 Å². The van der Waals surface area contributed by atoms with Crippen molar-refractivity contribution in [2.24, 2.45) is 0 Å². The number of rotatable bonds is 4. The summed E-state index contributed by atoms with van der Waals surface area (Å²) in [5.74, 6) is 0.197. The number of carbonyl (C=O) groups is 1. The maximum atomic E-state index is 13.1. The minimum atomic E-state index is -0.450. The maximum absolute atomic E-state index is 13.1. The van der Waals surface area contributed by atoms with Gasteiger partial charge in [-0.1, -0.05) is 6.07 Å². The first kappa shape index (κ1) is 18.8. The first-order chi connectivity index (χ1) is 14.6. The molecule has 0 fully saturated rings. The Hall–Kier alpha value is -4.51. The van der Waals surface area contributed by atoms with Crippen LogP contribution in [0.2, 0.25) is 0 Å². The van der Waals surface area contributed by atoms with Crippen molar-refractivity contribution in [3.8, 4) is 6.07 Å². The van der Waals surface area contributed by atoms with E-state index >= 15 is 0 Å². The smallest absolute Gasteiger partial charge is 0.323 e. The van der Waals surface area contributed by atoms with Crippen molar-refractivity contribution in [1.29, 1.82) is 5.26 Å². The number of halogens is 1. The van der Waals surface area contributed by atoms with E-state index in [1.54, 1.807) is 54.6 Å². The highest BCUT2D eigenvalue weighted by Crippen LogP contribution is 2.26. The molecule has 0 aliphatic heterocycles. The van der Waals surface area contributed by atoms with Gasteiger partial charge in [0.2, 0.25) is 0 Å². The number of nitrogens with zero attached hydrogens (tertiary/aromatic N) is 3. The number of amides is 2. The molecule has 0 unspecified atom stereocenters. The van der Waals surface area contributed by atoms with Crippen LogP contribution < -0.4 is 16.0 Å². The fraction of sp³-hybridized carbons (Fsp3) is 0. The van der Waals surface area contributed by atoms with Crippen LogP contribution in [0.5, 0.6) is 0 Å². The molecule has 1 heterocycles. The summed E-state index contributed by atoms with van der Waals surface area (Å²) in [6.45, 7) is 0. The van der Waals surface area contributed by atoms with E-state index in [2.05, 4.69) is 25.9 Å². The third-order valence-corrected chi connectivity index (χ3v) is 4.25. The average Bonchev–Trinajstić information content (AvgIpc) is 2.76. The van der Waals surface area contributed by atoms with Gasteiger partial charge in [-0.15, -0.1) is 0 Å². The van der Waals surface area contributed by atoms with Crippen molar-refractivity contribution in [2.45, 2.75) is 0 Å². The lowest BCUT2D eigenvalue weighted by atomic mass is 10.2. The van der Waals surface area contributed by atoms with Gasteiger partial charge in [0, 0.05) is 22.4 Å². The Morgan fingerprint density at radius 3 is 2.40 bits per heavy atom. The van der Waals surface area contributed by atoms with Crippen LogP contribution in [0, 0.1) is 17.1 Å². The van der Waals surface area contributed by atoms with Gasteiger partial charge in [0.25, 0.3) is 0 Å².